The van der Waals surface area contributed by atoms with Crippen LogP contribution in [-0.2, 0) is 16.6 Å². The first-order valence-corrected chi connectivity index (χ1v) is 7.77. The van der Waals surface area contributed by atoms with Crippen LogP contribution in [0.25, 0.3) is 0 Å². The number of rotatable bonds is 6. The molecule has 0 amide bonds. The lowest BCUT2D eigenvalue weighted by atomic mass is 9.99. The molecule has 2 atom stereocenters. The average Bonchev–Trinajstić information content (AvgIpc) is 2.83. The van der Waals surface area contributed by atoms with E-state index < -0.39 is 34.3 Å². The van der Waals surface area contributed by atoms with Crippen LogP contribution in [0.5, 0.6) is 0 Å². The number of aliphatic hydroxyl groups excluding tert-OH is 1. The van der Waals surface area contributed by atoms with Gasteiger partial charge in [0.25, 0.3) is 0 Å². The lowest BCUT2D eigenvalue weighted by molar-refractivity contribution is -0.213. The van der Waals surface area contributed by atoms with Crippen LogP contribution in [0.4, 0.5) is 13.2 Å². The van der Waals surface area contributed by atoms with Crippen molar-refractivity contribution in [2.24, 2.45) is 5.92 Å². The number of alkyl halides is 3. The summed E-state index contributed by atoms with van der Waals surface area (Å²) < 4.78 is 65.1. The van der Waals surface area contributed by atoms with Crippen LogP contribution < -0.4 is 4.72 Å². The van der Waals surface area contributed by atoms with Gasteiger partial charge in [0.1, 0.15) is 4.90 Å². The van der Waals surface area contributed by atoms with Crippen molar-refractivity contribution in [3.05, 3.63) is 12.4 Å². The van der Waals surface area contributed by atoms with E-state index in [2.05, 4.69) is 5.10 Å². The highest BCUT2D eigenvalue weighted by atomic mass is 32.2. The largest absolute Gasteiger partial charge is 0.415 e. The third kappa shape index (κ3) is 4.42. The van der Waals surface area contributed by atoms with Gasteiger partial charge in [-0.1, -0.05) is 13.8 Å². The molecule has 0 saturated heterocycles. The number of nitrogens with zero attached hydrogens (tertiary/aromatic N) is 2. The highest BCUT2D eigenvalue weighted by molar-refractivity contribution is 7.89. The number of hydrogen-bond acceptors (Lipinski definition) is 4. The number of aromatic nitrogens is 2. The minimum atomic E-state index is -4.91. The third-order valence-corrected chi connectivity index (χ3v) is 4.34. The zero-order chi connectivity index (χ0) is 16.4. The van der Waals surface area contributed by atoms with Gasteiger partial charge >= 0.3 is 6.18 Å². The second kappa shape index (κ2) is 6.32. The number of aliphatic hydroxyl groups is 1. The van der Waals surface area contributed by atoms with Crippen molar-refractivity contribution < 1.29 is 26.7 Å². The lowest BCUT2D eigenvalue weighted by Crippen LogP contribution is -2.52. The van der Waals surface area contributed by atoms with Crippen molar-refractivity contribution in [3.63, 3.8) is 0 Å². The summed E-state index contributed by atoms with van der Waals surface area (Å²) in [5.74, 6) is -0.752. The Morgan fingerprint density at radius 2 is 2.00 bits per heavy atom. The Balaban J connectivity index is 3.03. The zero-order valence-electron chi connectivity index (χ0n) is 11.8. The van der Waals surface area contributed by atoms with E-state index in [1.54, 1.807) is 6.92 Å². The molecular weight excluding hydrogens is 311 g/mol. The molecule has 122 valence electrons. The van der Waals surface area contributed by atoms with E-state index >= 15 is 0 Å². The zero-order valence-corrected chi connectivity index (χ0v) is 12.6. The number of aryl methyl sites for hydroxylation is 1. The van der Waals surface area contributed by atoms with Crippen LogP contribution in [0.15, 0.2) is 17.3 Å². The lowest BCUT2D eigenvalue weighted by Gasteiger charge is -2.28. The summed E-state index contributed by atoms with van der Waals surface area (Å²) in [6.07, 6.45) is -5.44. The molecule has 1 aromatic heterocycles. The summed E-state index contributed by atoms with van der Waals surface area (Å²) in [6, 6.07) is -1.68. The van der Waals surface area contributed by atoms with Crippen molar-refractivity contribution in [2.75, 3.05) is 0 Å². The van der Waals surface area contributed by atoms with Crippen LogP contribution in [0.2, 0.25) is 0 Å². The van der Waals surface area contributed by atoms with E-state index in [0.717, 1.165) is 6.20 Å². The predicted octanol–water partition coefficient (Wildman–Crippen LogP) is 1.13. The van der Waals surface area contributed by atoms with Gasteiger partial charge in [-0.15, -0.1) is 0 Å². The highest BCUT2D eigenvalue weighted by Crippen LogP contribution is 2.26. The fraction of sp³-hybridized carbons (Fsp3) is 0.727. The molecule has 21 heavy (non-hydrogen) atoms. The summed E-state index contributed by atoms with van der Waals surface area (Å²) >= 11 is 0. The minimum Gasteiger partial charge on any atom is -0.382 e. The van der Waals surface area contributed by atoms with Gasteiger partial charge in [-0.3, -0.25) is 4.68 Å². The second-order valence-electron chi connectivity index (χ2n) is 4.91. The molecule has 10 heteroatoms. The van der Waals surface area contributed by atoms with Crippen molar-refractivity contribution in [1.82, 2.24) is 14.5 Å². The summed E-state index contributed by atoms with van der Waals surface area (Å²) in [6.45, 7) is 4.94. The Morgan fingerprint density at radius 1 is 1.43 bits per heavy atom. The summed E-state index contributed by atoms with van der Waals surface area (Å²) in [5, 5.41) is 13.1. The predicted molar refractivity (Wildman–Crippen MR) is 68.9 cm³/mol. The Bertz CT molecular complexity index is 569. The first-order chi connectivity index (χ1) is 9.49. The maximum absolute atomic E-state index is 12.6. The number of nitrogens with one attached hydrogen (secondary N) is 1. The molecule has 0 aliphatic heterocycles. The molecule has 2 N–H and O–H groups in total. The molecule has 0 aliphatic carbocycles. The fourth-order valence-electron chi connectivity index (χ4n) is 1.67. The summed E-state index contributed by atoms with van der Waals surface area (Å²) in [7, 11) is -4.19. The average molecular weight is 329 g/mol. The van der Waals surface area contributed by atoms with Crippen LogP contribution >= 0.6 is 0 Å². The Morgan fingerprint density at radius 3 is 2.38 bits per heavy atom. The molecule has 0 spiro atoms. The number of halogens is 3. The molecule has 1 heterocycles. The topological polar surface area (TPSA) is 84.2 Å². The molecule has 0 aliphatic rings. The van der Waals surface area contributed by atoms with E-state index in [0.29, 0.717) is 6.54 Å². The third-order valence-electron chi connectivity index (χ3n) is 2.93. The maximum atomic E-state index is 12.6. The van der Waals surface area contributed by atoms with E-state index in [-0.39, 0.29) is 4.90 Å². The van der Waals surface area contributed by atoms with E-state index in [9.17, 15) is 26.7 Å². The van der Waals surface area contributed by atoms with Crippen LogP contribution in [0.3, 0.4) is 0 Å². The summed E-state index contributed by atoms with van der Waals surface area (Å²) in [4.78, 5) is -0.246. The molecule has 0 fully saturated rings. The van der Waals surface area contributed by atoms with Crippen molar-refractivity contribution in [1.29, 1.82) is 0 Å². The van der Waals surface area contributed by atoms with Crippen LogP contribution in [0.1, 0.15) is 20.8 Å². The van der Waals surface area contributed by atoms with Gasteiger partial charge in [0.15, 0.2) is 6.10 Å². The maximum Gasteiger partial charge on any atom is 0.415 e. The van der Waals surface area contributed by atoms with Gasteiger partial charge in [-0.2, -0.15) is 18.3 Å². The van der Waals surface area contributed by atoms with Crippen molar-refractivity contribution >= 4 is 10.0 Å². The molecule has 0 unspecified atom stereocenters. The molecular formula is C11H18F3N3O3S. The SMILES string of the molecule is CCn1cc(S(=O)(=O)N[C@@H](C(C)C)[C@H](O)C(F)(F)F)cn1. The first kappa shape index (κ1) is 17.9. The molecule has 6 nitrogen and oxygen atoms in total. The normalized spacial score (nSPS) is 16.2. The molecule has 0 radical (unpaired) electrons. The quantitative estimate of drug-likeness (QED) is 0.819. The number of hydrogen-bond donors (Lipinski definition) is 2. The molecule has 1 rings (SSSR count). The highest BCUT2D eigenvalue weighted by Gasteiger charge is 2.46. The van der Waals surface area contributed by atoms with Crippen LogP contribution in [-0.4, -0.2) is 41.6 Å². The molecule has 0 aromatic carbocycles. The van der Waals surface area contributed by atoms with Gasteiger partial charge in [0, 0.05) is 12.7 Å². The van der Waals surface area contributed by atoms with Gasteiger partial charge in [0.2, 0.25) is 10.0 Å². The Labute approximate surface area is 121 Å². The Hall–Kier alpha value is -1.13. The van der Waals surface area contributed by atoms with Crippen molar-refractivity contribution in [3.8, 4) is 0 Å². The van der Waals surface area contributed by atoms with Gasteiger partial charge in [0.05, 0.1) is 12.2 Å². The monoisotopic (exact) mass is 329 g/mol. The molecule has 0 saturated carbocycles. The fourth-order valence-corrected chi connectivity index (χ4v) is 3.01. The number of sulfonamides is 1. The van der Waals surface area contributed by atoms with E-state index in [1.165, 1.54) is 24.7 Å². The summed E-state index contributed by atoms with van der Waals surface area (Å²) in [5.41, 5.74) is 0. The van der Waals surface area contributed by atoms with E-state index in [1.807, 2.05) is 4.72 Å². The van der Waals surface area contributed by atoms with Gasteiger partial charge in [-0.25, -0.2) is 13.1 Å². The molecule has 0 bridgehead atoms. The second-order valence-corrected chi connectivity index (χ2v) is 6.62. The van der Waals surface area contributed by atoms with Gasteiger partial charge in [-0.05, 0) is 12.8 Å². The standard InChI is InChI=1S/C11H18F3N3O3S/c1-4-17-6-8(5-15-17)21(19,20)16-9(7(2)3)10(18)11(12,13)14/h5-7,9-10,16,18H,4H2,1-3H3/t9-,10-/m0/s1. The first-order valence-electron chi connectivity index (χ1n) is 6.28. The van der Waals surface area contributed by atoms with Crippen molar-refractivity contribution in [2.45, 2.75) is 50.5 Å². The minimum absolute atomic E-state index is 0.246. The smallest absolute Gasteiger partial charge is 0.382 e. The van der Waals surface area contributed by atoms with Gasteiger partial charge < -0.3 is 5.11 Å². The van der Waals surface area contributed by atoms with Crippen LogP contribution in [0, 0.1) is 5.92 Å². The molecule has 1 aromatic rings. The van der Waals surface area contributed by atoms with E-state index in [4.69, 9.17) is 0 Å². The Kier molecular flexibility index (Phi) is 5.40.